The number of anilines is 2. The van der Waals surface area contributed by atoms with Gasteiger partial charge in [0.25, 0.3) is 0 Å². The maximum absolute atomic E-state index is 12.9. The summed E-state index contributed by atoms with van der Waals surface area (Å²) in [6.45, 7) is 2.15. The van der Waals surface area contributed by atoms with Crippen LogP contribution >= 0.6 is 0 Å². The Bertz CT molecular complexity index is 648. The highest BCUT2D eigenvalue weighted by molar-refractivity contribution is 5.92. The summed E-state index contributed by atoms with van der Waals surface area (Å²) in [4.78, 5) is 14.4. The molecule has 114 valence electrons. The molecular formula is C18H19FN2O. The number of carbonyl (C=O) groups is 1. The summed E-state index contributed by atoms with van der Waals surface area (Å²) < 4.78 is 12.9. The first kappa shape index (κ1) is 14.6. The number of hydrogen-bond donors (Lipinski definition) is 1. The first-order valence-corrected chi connectivity index (χ1v) is 7.60. The molecule has 0 atom stereocenters. The lowest BCUT2D eigenvalue weighted by Gasteiger charge is -2.18. The molecule has 0 unspecified atom stereocenters. The number of rotatable bonds is 4. The molecule has 0 spiro atoms. The Balaban J connectivity index is 1.63. The first-order chi connectivity index (χ1) is 10.7. The molecule has 4 heteroatoms. The topological polar surface area (TPSA) is 32.3 Å². The van der Waals surface area contributed by atoms with Crippen LogP contribution in [0.25, 0.3) is 0 Å². The van der Waals surface area contributed by atoms with E-state index in [0.29, 0.717) is 0 Å². The van der Waals surface area contributed by atoms with Gasteiger partial charge in [-0.2, -0.15) is 0 Å². The van der Waals surface area contributed by atoms with Gasteiger partial charge in [-0.05, 0) is 48.7 Å². The molecule has 2 aromatic carbocycles. The van der Waals surface area contributed by atoms with E-state index in [-0.39, 0.29) is 18.1 Å². The third-order valence-corrected chi connectivity index (χ3v) is 3.88. The Kier molecular flexibility index (Phi) is 4.37. The fourth-order valence-electron chi connectivity index (χ4n) is 2.75. The molecule has 1 saturated heterocycles. The molecule has 0 radical (unpaired) electrons. The molecule has 3 nitrogen and oxygen atoms in total. The number of nitrogens with one attached hydrogen (secondary N) is 1. The molecule has 0 aliphatic carbocycles. The average Bonchev–Trinajstić information content (AvgIpc) is 3.04. The number of carbonyl (C=O) groups excluding carboxylic acids is 1. The lowest BCUT2D eigenvalue weighted by atomic mass is 10.1. The largest absolute Gasteiger partial charge is 0.371 e. The van der Waals surface area contributed by atoms with Crippen molar-refractivity contribution in [2.45, 2.75) is 19.3 Å². The maximum atomic E-state index is 12.9. The van der Waals surface area contributed by atoms with Gasteiger partial charge in [0.2, 0.25) is 5.91 Å². The normalized spacial score (nSPS) is 14.1. The van der Waals surface area contributed by atoms with E-state index in [0.717, 1.165) is 30.0 Å². The molecule has 0 saturated carbocycles. The van der Waals surface area contributed by atoms with Crippen LogP contribution in [0.5, 0.6) is 0 Å². The second kappa shape index (κ2) is 6.60. The van der Waals surface area contributed by atoms with Gasteiger partial charge < -0.3 is 10.2 Å². The van der Waals surface area contributed by atoms with Gasteiger partial charge in [-0.25, -0.2) is 4.39 Å². The number of halogens is 1. The molecule has 22 heavy (non-hydrogen) atoms. The highest BCUT2D eigenvalue weighted by Gasteiger charge is 2.13. The monoisotopic (exact) mass is 298 g/mol. The van der Waals surface area contributed by atoms with E-state index < -0.39 is 0 Å². The summed E-state index contributed by atoms with van der Waals surface area (Å²) in [5, 5.41) is 2.91. The van der Waals surface area contributed by atoms with Gasteiger partial charge in [-0.15, -0.1) is 0 Å². The molecule has 0 bridgehead atoms. The third kappa shape index (κ3) is 3.64. The first-order valence-electron chi connectivity index (χ1n) is 7.60. The van der Waals surface area contributed by atoms with Crippen molar-refractivity contribution in [1.82, 2.24) is 0 Å². The zero-order valence-electron chi connectivity index (χ0n) is 12.4. The van der Waals surface area contributed by atoms with E-state index in [1.807, 2.05) is 18.2 Å². The fourth-order valence-corrected chi connectivity index (χ4v) is 2.75. The maximum Gasteiger partial charge on any atom is 0.228 e. The highest BCUT2D eigenvalue weighted by Crippen LogP contribution is 2.23. The summed E-state index contributed by atoms with van der Waals surface area (Å²) in [6, 6.07) is 13.9. The van der Waals surface area contributed by atoms with Crippen molar-refractivity contribution in [3.05, 3.63) is 59.9 Å². The van der Waals surface area contributed by atoms with E-state index in [4.69, 9.17) is 0 Å². The number of benzene rings is 2. The molecule has 1 amide bonds. The Morgan fingerprint density at radius 3 is 2.55 bits per heavy atom. The summed E-state index contributed by atoms with van der Waals surface area (Å²) in [7, 11) is 0. The molecule has 1 aliphatic rings. The van der Waals surface area contributed by atoms with Gasteiger partial charge in [-0.1, -0.05) is 18.2 Å². The van der Waals surface area contributed by atoms with Crippen molar-refractivity contribution >= 4 is 17.3 Å². The zero-order chi connectivity index (χ0) is 15.4. The number of amides is 1. The van der Waals surface area contributed by atoms with E-state index >= 15 is 0 Å². The molecular weight excluding hydrogens is 279 g/mol. The average molecular weight is 298 g/mol. The van der Waals surface area contributed by atoms with Crippen LogP contribution in [0.4, 0.5) is 15.8 Å². The molecule has 0 aromatic heterocycles. The molecule has 1 fully saturated rings. The van der Waals surface area contributed by atoms with Gasteiger partial charge >= 0.3 is 0 Å². The molecule has 1 heterocycles. The third-order valence-electron chi connectivity index (χ3n) is 3.88. The number of nitrogens with zero attached hydrogens (tertiary/aromatic N) is 1. The quantitative estimate of drug-likeness (QED) is 0.935. The van der Waals surface area contributed by atoms with Crippen molar-refractivity contribution in [2.24, 2.45) is 0 Å². The van der Waals surface area contributed by atoms with Gasteiger partial charge in [0.15, 0.2) is 0 Å². The minimum atomic E-state index is -0.289. The van der Waals surface area contributed by atoms with Crippen molar-refractivity contribution < 1.29 is 9.18 Å². The summed E-state index contributed by atoms with van der Waals surface area (Å²) in [5.74, 6) is -0.382. The standard InChI is InChI=1S/C18H19FN2O/c19-15-8-6-14(7-9-15)12-18(22)20-16-4-3-5-17(13-16)21-10-1-2-11-21/h3-9,13H,1-2,10-12H2,(H,20,22). The van der Waals surface area contributed by atoms with Crippen molar-refractivity contribution in [3.63, 3.8) is 0 Å². The minimum absolute atomic E-state index is 0.0924. The lowest BCUT2D eigenvalue weighted by molar-refractivity contribution is -0.115. The Morgan fingerprint density at radius 1 is 1.09 bits per heavy atom. The van der Waals surface area contributed by atoms with Gasteiger partial charge in [0.1, 0.15) is 5.82 Å². The fraction of sp³-hybridized carbons (Fsp3) is 0.278. The second-order valence-electron chi connectivity index (χ2n) is 5.60. The van der Waals surface area contributed by atoms with Crippen molar-refractivity contribution in [2.75, 3.05) is 23.3 Å². The van der Waals surface area contributed by atoms with Crippen LogP contribution in [0.15, 0.2) is 48.5 Å². The zero-order valence-corrected chi connectivity index (χ0v) is 12.4. The van der Waals surface area contributed by atoms with E-state index in [1.54, 1.807) is 12.1 Å². The van der Waals surface area contributed by atoms with Crippen LogP contribution in [0.1, 0.15) is 18.4 Å². The van der Waals surface area contributed by atoms with Crippen LogP contribution in [0.3, 0.4) is 0 Å². The van der Waals surface area contributed by atoms with Gasteiger partial charge in [0.05, 0.1) is 6.42 Å². The summed E-state index contributed by atoms with van der Waals surface area (Å²) in [6.07, 6.45) is 2.69. The molecule has 2 aromatic rings. The van der Waals surface area contributed by atoms with E-state index in [1.165, 1.54) is 25.0 Å². The van der Waals surface area contributed by atoms with Gasteiger partial charge in [-0.3, -0.25) is 4.79 Å². The van der Waals surface area contributed by atoms with Crippen LogP contribution in [0.2, 0.25) is 0 Å². The predicted molar refractivity (Wildman–Crippen MR) is 86.6 cm³/mol. The van der Waals surface area contributed by atoms with Crippen molar-refractivity contribution in [1.29, 1.82) is 0 Å². The Labute approximate surface area is 129 Å². The molecule has 3 rings (SSSR count). The Morgan fingerprint density at radius 2 is 1.82 bits per heavy atom. The smallest absolute Gasteiger partial charge is 0.228 e. The SMILES string of the molecule is O=C(Cc1ccc(F)cc1)Nc1cccc(N2CCCC2)c1. The number of hydrogen-bond acceptors (Lipinski definition) is 2. The minimum Gasteiger partial charge on any atom is -0.371 e. The Hall–Kier alpha value is -2.36. The van der Waals surface area contributed by atoms with Crippen LogP contribution in [0, 0.1) is 5.82 Å². The van der Waals surface area contributed by atoms with Crippen LogP contribution in [-0.4, -0.2) is 19.0 Å². The summed E-state index contributed by atoms with van der Waals surface area (Å²) >= 11 is 0. The molecule has 1 aliphatic heterocycles. The van der Waals surface area contributed by atoms with Crippen LogP contribution < -0.4 is 10.2 Å². The lowest BCUT2D eigenvalue weighted by Crippen LogP contribution is -2.18. The molecule has 1 N–H and O–H groups in total. The van der Waals surface area contributed by atoms with Crippen LogP contribution in [-0.2, 0) is 11.2 Å². The van der Waals surface area contributed by atoms with E-state index in [9.17, 15) is 9.18 Å². The predicted octanol–water partition coefficient (Wildman–Crippen LogP) is 3.61. The van der Waals surface area contributed by atoms with Gasteiger partial charge in [0, 0.05) is 24.5 Å². The van der Waals surface area contributed by atoms with Crippen molar-refractivity contribution in [3.8, 4) is 0 Å². The second-order valence-corrected chi connectivity index (χ2v) is 5.60. The highest BCUT2D eigenvalue weighted by atomic mass is 19.1. The van der Waals surface area contributed by atoms with E-state index in [2.05, 4.69) is 16.3 Å². The summed E-state index contributed by atoms with van der Waals surface area (Å²) in [5.41, 5.74) is 2.75.